The molecular weight excluding hydrogens is 272 g/mol. The Bertz CT molecular complexity index is 1030. The standard InChI is InChI=1S/C18H18N4/c1-21(2)15-10-14(19)16-13-9-8-11-6-4-5-7-12(11)17(13)22(3)18(16)20-15/h4-10H,1-3H3,(H2,19,20). The summed E-state index contributed by atoms with van der Waals surface area (Å²) in [5.74, 6) is 0.875. The summed E-state index contributed by atoms with van der Waals surface area (Å²) in [6, 6.07) is 14.7. The van der Waals surface area contributed by atoms with Crippen LogP contribution in [0.3, 0.4) is 0 Å². The van der Waals surface area contributed by atoms with Gasteiger partial charge in [-0.15, -0.1) is 0 Å². The third kappa shape index (κ3) is 1.61. The Hall–Kier alpha value is -2.75. The highest BCUT2D eigenvalue weighted by molar-refractivity contribution is 6.20. The van der Waals surface area contributed by atoms with E-state index in [1.807, 2.05) is 25.1 Å². The van der Waals surface area contributed by atoms with Gasteiger partial charge in [-0.25, -0.2) is 4.98 Å². The maximum atomic E-state index is 6.34. The van der Waals surface area contributed by atoms with Gasteiger partial charge in [-0.05, 0) is 5.39 Å². The minimum atomic E-state index is 0.773. The molecule has 0 unspecified atom stereocenters. The van der Waals surface area contributed by atoms with Gasteiger partial charge in [-0.2, -0.15) is 0 Å². The number of nitrogen functional groups attached to an aromatic ring is 1. The zero-order valence-electron chi connectivity index (χ0n) is 13.0. The minimum absolute atomic E-state index is 0.773. The minimum Gasteiger partial charge on any atom is -0.398 e. The van der Waals surface area contributed by atoms with Gasteiger partial charge in [0.2, 0.25) is 0 Å². The second-order valence-electron chi connectivity index (χ2n) is 5.90. The molecule has 4 nitrogen and oxygen atoms in total. The summed E-state index contributed by atoms with van der Waals surface area (Å²) >= 11 is 0. The maximum absolute atomic E-state index is 6.34. The Morgan fingerprint density at radius 3 is 2.59 bits per heavy atom. The fourth-order valence-electron chi connectivity index (χ4n) is 3.21. The number of benzene rings is 2. The summed E-state index contributed by atoms with van der Waals surface area (Å²) in [5.41, 5.74) is 9.22. The summed E-state index contributed by atoms with van der Waals surface area (Å²) in [5, 5.41) is 4.65. The largest absolute Gasteiger partial charge is 0.398 e. The number of fused-ring (bicyclic) bond motifs is 5. The van der Waals surface area contributed by atoms with Crippen LogP contribution < -0.4 is 10.6 Å². The molecule has 2 aromatic carbocycles. The average Bonchev–Trinajstić information content (AvgIpc) is 2.81. The highest BCUT2D eigenvalue weighted by Gasteiger charge is 2.16. The quantitative estimate of drug-likeness (QED) is 0.583. The maximum Gasteiger partial charge on any atom is 0.145 e. The van der Waals surface area contributed by atoms with Crippen molar-refractivity contribution >= 4 is 44.2 Å². The molecule has 0 amide bonds. The van der Waals surface area contributed by atoms with E-state index in [9.17, 15) is 0 Å². The molecule has 2 N–H and O–H groups in total. The molecule has 4 heteroatoms. The fraction of sp³-hybridized carbons (Fsp3) is 0.167. The zero-order valence-corrected chi connectivity index (χ0v) is 13.0. The molecule has 0 saturated heterocycles. The third-order valence-electron chi connectivity index (χ3n) is 4.30. The topological polar surface area (TPSA) is 47.1 Å². The van der Waals surface area contributed by atoms with Gasteiger partial charge in [0.1, 0.15) is 11.5 Å². The Kier molecular flexibility index (Phi) is 2.57. The normalized spacial score (nSPS) is 11.6. The molecule has 0 spiro atoms. The third-order valence-corrected chi connectivity index (χ3v) is 4.30. The SMILES string of the molecule is CN(C)c1cc(N)c2c3ccc4ccccc4c3n(C)c2n1. The summed E-state index contributed by atoms with van der Waals surface area (Å²) in [4.78, 5) is 6.77. The van der Waals surface area contributed by atoms with Crippen LogP contribution in [0.1, 0.15) is 0 Å². The van der Waals surface area contributed by atoms with E-state index in [2.05, 4.69) is 48.0 Å². The van der Waals surface area contributed by atoms with E-state index in [1.54, 1.807) is 0 Å². The predicted octanol–water partition coefficient (Wildman–Crippen LogP) is 3.53. The molecule has 4 aromatic rings. The summed E-state index contributed by atoms with van der Waals surface area (Å²) in [7, 11) is 6.01. The highest BCUT2D eigenvalue weighted by atomic mass is 15.2. The van der Waals surface area contributed by atoms with E-state index in [0.717, 1.165) is 27.9 Å². The fourth-order valence-corrected chi connectivity index (χ4v) is 3.21. The van der Waals surface area contributed by atoms with E-state index in [4.69, 9.17) is 10.7 Å². The van der Waals surface area contributed by atoms with Crippen molar-refractivity contribution in [1.82, 2.24) is 9.55 Å². The van der Waals surface area contributed by atoms with E-state index in [-0.39, 0.29) is 0 Å². The van der Waals surface area contributed by atoms with E-state index >= 15 is 0 Å². The van der Waals surface area contributed by atoms with E-state index in [1.165, 1.54) is 16.3 Å². The molecule has 2 heterocycles. The molecule has 4 rings (SSSR count). The molecule has 0 aliphatic rings. The number of hydrogen-bond acceptors (Lipinski definition) is 3. The molecule has 0 aliphatic heterocycles. The lowest BCUT2D eigenvalue weighted by Gasteiger charge is -2.12. The molecular formula is C18H18N4. The Morgan fingerprint density at radius 1 is 1.05 bits per heavy atom. The van der Waals surface area contributed by atoms with Crippen molar-refractivity contribution in [2.75, 3.05) is 24.7 Å². The first-order valence-corrected chi connectivity index (χ1v) is 7.31. The first-order valence-electron chi connectivity index (χ1n) is 7.31. The van der Waals surface area contributed by atoms with Gasteiger partial charge in [0.05, 0.1) is 5.52 Å². The van der Waals surface area contributed by atoms with Gasteiger partial charge in [-0.1, -0.05) is 36.4 Å². The highest BCUT2D eigenvalue weighted by Crippen LogP contribution is 2.36. The van der Waals surface area contributed by atoms with Crippen molar-refractivity contribution in [3.05, 3.63) is 42.5 Å². The van der Waals surface area contributed by atoms with Crippen LogP contribution in [0.15, 0.2) is 42.5 Å². The first kappa shape index (κ1) is 13.0. The van der Waals surface area contributed by atoms with Gasteiger partial charge in [0.25, 0.3) is 0 Å². The Labute approximate surface area is 128 Å². The molecule has 110 valence electrons. The smallest absolute Gasteiger partial charge is 0.145 e. The van der Waals surface area contributed by atoms with Crippen molar-refractivity contribution in [2.45, 2.75) is 0 Å². The van der Waals surface area contributed by atoms with Crippen molar-refractivity contribution in [2.24, 2.45) is 7.05 Å². The molecule has 0 atom stereocenters. The summed E-state index contributed by atoms with van der Waals surface area (Å²) in [6.07, 6.45) is 0. The van der Waals surface area contributed by atoms with Gasteiger partial charge < -0.3 is 15.2 Å². The molecule has 2 aromatic heterocycles. The number of aryl methyl sites for hydroxylation is 1. The number of rotatable bonds is 1. The summed E-state index contributed by atoms with van der Waals surface area (Å²) < 4.78 is 2.15. The van der Waals surface area contributed by atoms with E-state index in [0.29, 0.717) is 0 Å². The predicted molar refractivity (Wildman–Crippen MR) is 94.5 cm³/mol. The zero-order chi connectivity index (χ0) is 15.4. The van der Waals surface area contributed by atoms with Crippen LogP contribution >= 0.6 is 0 Å². The number of aromatic nitrogens is 2. The number of nitrogens with two attached hydrogens (primary N) is 1. The second kappa shape index (κ2) is 4.37. The Morgan fingerprint density at radius 2 is 1.82 bits per heavy atom. The van der Waals surface area contributed by atoms with Crippen molar-refractivity contribution < 1.29 is 0 Å². The lowest BCUT2D eigenvalue weighted by Crippen LogP contribution is -2.11. The Balaban J connectivity index is 2.26. The van der Waals surface area contributed by atoms with Gasteiger partial charge in [0.15, 0.2) is 0 Å². The van der Waals surface area contributed by atoms with E-state index < -0.39 is 0 Å². The number of anilines is 2. The number of hydrogen-bond donors (Lipinski definition) is 1. The monoisotopic (exact) mass is 290 g/mol. The summed E-state index contributed by atoms with van der Waals surface area (Å²) in [6.45, 7) is 0. The van der Waals surface area contributed by atoms with Gasteiger partial charge in [0, 0.05) is 49.1 Å². The molecule has 0 saturated carbocycles. The van der Waals surface area contributed by atoms with Crippen LogP contribution in [0.25, 0.3) is 32.7 Å². The van der Waals surface area contributed by atoms with Crippen LogP contribution in [0.4, 0.5) is 11.5 Å². The van der Waals surface area contributed by atoms with Crippen LogP contribution in [0.2, 0.25) is 0 Å². The van der Waals surface area contributed by atoms with Crippen molar-refractivity contribution in [3.63, 3.8) is 0 Å². The van der Waals surface area contributed by atoms with Crippen LogP contribution in [-0.4, -0.2) is 23.6 Å². The second-order valence-corrected chi connectivity index (χ2v) is 5.90. The average molecular weight is 290 g/mol. The molecule has 0 aliphatic carbocycles. The van der Waals surface area contributed by atoms with Crippen molar-refractivity contribution in [3.8, 4) is 0 Å². The van der Waals surface area contributed by atoms with Crippen molar-refractivity contribution in [1.29, 1.82) is 0 Å². The lowest BCUT2D eigenvalue weighted by molar-refractivity contribution is 0.981. The number of nitrogens with zero attached hydrogens (tertiary/aromatic N) is 3. The molecule has 0 fully saturated rings. The van der Waals surface area contributed by atoms with Crippen LogP contribution in [0.5, 0.6) is 0 Å². The molecule has 0 radical (unpaired) electrons. The lowest BCUT2D eigenvalue weighted by atomic mass is 10.1. The van der Waals surface area contributed by atoms with Crippen LogP contribution in [-0.2, 0) is 7.05 Å². The molecule has 22 heavy (non-hydrogen) atoms. The van der Waals surface area contributed by atoms with Crippen LogP contribution in [0, 0.1) is 0 Å². The first-order chi connectivity index (χ1) is 10.6. The van der Waals surface area contributed by atoms with Gasteiger partial charge >= 0.3 is 0 Å². The van der Waals surface area contributed by atoms with Gasteiger partial charge in [-0.3, -0.25) is 0 Å². The molecule has 0 bridgehead atoms. The number of pyridine rings is 1.